The van der Waals surface area contributed by atoms with E-state index in [1.165, 1.54) is 30.2 Å². The maximum Gasteiger partial charge on any atom is 0.264 e. The molecule has 0 aliphatic heterocycles. The van der Waals surface area contributed by atoms with Crippen LogP contribution in [0, 0.1) is 13.8 Å². The zero-order chi connectivity index (χ0) is 30.9. The minimum atomic E-state index is -4.25. The fraction of sp³-hybridized carbons (Fsp3) is 0.375. The van der Waals surface area contributed by atoms with Crippen LogP contribution in [-0.2, 0) is 26.2 Å². The molecule has 0 heterocycles. The van der Waals surface area contributed by atoms with Crippen LogP contribution in [0.4, 0.5) is 5.69 Å². The second-order valence-electron chi connectivity index (χ2n) is 10.2. The SMILES string of the molecule is CCCCNC(=O)[C@H](CC)N(Cc1ccccc1C)C(=O)CN(c1cc(Cl)ccc1OC)S(=O)(=O)c1ccc(C)cc1. The van der Waals surface area contributed by atoms with E-state index in [1.807, 2.05) is 52.0 Å². The van der Waals surface area contributed by atoms with Gasteiger partial charge < -0.3 is 15.0 Å². The molecule has 0 aliphatic carbocycles. The molecule has 0 bridgehead atoms. The maximum absolute atomic E-state index is 14.3. The highest BCUT2D eigenvalue weighted by molar-refractivity contribution is 7.92. The number of halogens is 1. The third-order valence-electron chi connectivity index (χ3n) is 7.11. The third kappa shape index (κ3) is 8.04. The number of hydrogen-bond acceptors (Lipinski definition) is 5. The molecule has 0 saturated carbocycles. The van der Waals surface area contributed by atoms with E-state index in [9.17, 15) is 18.0 Å². The summed E-state index contributed by atoms with van der Waals surface area (Å²) in [6, 6.07) is 17.8. The van der Waals surface area contributed by atoms with Gasteiger partial charge in [0.2, 0.25) is 11.8 Å². The highest BCUT2D eigenvalue weighted by Gasteiger charge is 2.35. The Kier molecular flexibility index (Phi) is 11.8. The van der Waals surface area contributed by atoms with Crippen molar-refractivity contribution in [3.63, 3.8) is 0 Å². The van der Waals surface area contributed by atoms with Crippen molar-refractivity contribution < 1.29 is 22.7 Å². The van der Waals surface area contributed by atoms with Crippen LogP contribution in [-0.4, -0.2) is 51.4 Å². The van der Waals surface area contributed by atoms with Crippen LogP contribution in [0.5, 0.6) is 5.75 Å². The molecule has 0 spiro atoms. The predicted molar refractivity (Wildman–Crippen MR) is 167 cm³/mol. The first kappa shape index (κ1) is 32.9. The number of anilines is 1. The Morgan fingerprint density at radius 3 is 2.31 bits per heavy atom. The Morgan fingerprint density at radius 2 is 1.69 bits per heavy atom. The van der Waals surface area contributed by atoms with Gasteiger partial charge in [-0.25, -0.2) is 8.42 Å². The first-order valence-corrected chi connectivity index (χ1v) is 15.9. The molecule has 0 saturated heterocycles. The summed E-state index contributed by atoms with van der Waals surface area (Å²) in [6.45, 7) is 7.72. The van der Waals surface area contributed by atoms with Gasteiger partial charge in [0.25, 0.3) is 10.0 Å². The summed E-state index contributed by atoms with van der Waals surface area (Å²) >= 11 is 6.31. The molecule has 3 rings (SSSR count). The van der Waals surface area contributed by atoms with Crippen LogP contribution in [0.2, 0.25) is 5.02 Å². The molecule has 226 valence electrons. The number of amides is 2. The van der Waals surface area contributed by atoms with Crippen molar-refractivity contribution in [2.75, 3.05) is 24.5 Å². The van der Waals surface area contributed by atoms with E-state index in [-0.39, 0.29) is 33.8 Å². The fourth-order valence-corrected chi connectivity index (χ4v) is 6.19. The smallest absolute Gasteiger partial charge is 0.264 e. The Morgan fingerprint density at radius 1 is 1.00 bits per heavy atom. The molecule has 1 atom stereocenters. The molecule has 0 aromatic heterocycles. The lowest BCUT2D eigenvalue weighted by Crippen LogP contribution is -2.52. The van der Waals surface area contributed by atoms with Gasteiger partial charge in [0.15, 0.2) is 0 Å². The van der Waals surface area contributed by atoms with Gasteiger partial charge >= 0.3 is 0 Å². The predicted octanol–water partition coefficient (Wildman–Crippen LogP) is 5.88. The van der Waals surface area contributed by atoms with Gasteiger partial charge in [-0.2, -0.15) is 0 Å². The Balaban J connectivity index is 2.11. The number of ether oxygens (including phenoxy) is 1. The van der Waals surface area contributed by atoms with E-state index in [0.717, 1.165) is 33.8 Å². The zero-order valence-electron chi connectivity index (χ0n) is 24.9. The normalized spacial score (nSPS) is 12.0. The molecule has 0 radical (unpaired) electrons. The standard InChI is InChI=1S/C32H40ClN3O5S/c1-6-8-19-34-32(38)28(7-2)35(21-25-12-10-9-11-24(25)4)31(37)22-36(29-20-26(33)15-18-30(29)41-5)42(39,40)27-16-13-23(3)14-17-27/h9-18,20,28H,6-8,19,21-22H2,1-5H3,(H,34,38)/t28-/m0/s1. The van der Waals surface area contributed by atoms with Crippen LogP contribution >= 0.6 is 11.6 Å². The monoisotopic (exact) mass is 613 g/mol. The van der Waals surface area contributed by atoms with Gasteiger partial charge in [-0.3, -0.25) is 13.9 Å². The number of unbranched alkanes of at least 4 members (excludes halogenated alkanes) is 1. The molecule has 3 aromatic carbocycles. The molecule has 2 amide bonds. The molecule has 8 nitrogen and oxygen atoms in total. The number of rotatable bonds is 14. The molecule has 0 aliphatic rings. The number of carbonyl (C=O) groups excluding carboxylic acids is 2. The lowest BCUT2D eigenvalue weighted by molar-refractivity contribution is -0.140. The van der Waals surface area contributed by atoms with Crippen molar-refractivity contribution in [1.82, 2.24) is 10.2 Å². The lowest BCUT2D eigenvalue weighted by atomic mass is 10.1. The van der Waals surface area contributed by atoms with E-state index in [0.29, 0.717) is 13.0 Å². The summed E-state index contributed by atoms with van der Waals surface area (Å²) in [5.41, 5.74) is 2.83. The summed E-state index contributed by atoms with van der Waals surface area (Å²) in [7, 11) is -2.83. The van der Waals surface area contributed by atoms with E-state index >= 15 is 0 Å². The van der Waals surface area contributed by atoms with Crippen LogP contribution in [0.1, 0.15) is 49.8 Å². The van der Waals surface area contributed by atoms with Gasteiger partial charge in [0.1, 0.15) is 18.3 Å². The molecule has 0 fully saturated rings. The summed E-state index contributed by atoms with van der Waals surface area (Å²) in [6.07, 6.45) is 2.07. The highest BCUT2D eigenvalue weighted by atomic mass is 35.5. The first-order valence-electron chi connectivity index (χ1n) is 14.1. The molecule has 10 heteroatoms. The summed E-state index contributed by atoms with van der Waals surface area (Å²) in [5.74, 6) is -0.577. The van der Waals surface area contributed by atoms with Crippen LogP contribution in [0.15, 0.2) is 71.6 Å². The third-order valence-corrected chi connectivity index (χ3v) is 9.12. The second kappa shape index (κ2) is 15.1. The van der Waals surface area contributed by atoms with Crippen molar-refractivity contribution >= 4 is 39.1 Å². The molecule has 42 heavy (non-hydrogen) atoms. The van der Waals surface area contributed by atoms with Gasteiger partial charge in [-0.1, -0.05) is 73.8 Å². The summed E-state index contributed by atoms with van der Waals surface area (Å²) < 4.78 is 34.7. The van der Waals surface area contributed by atoms with Crippen LogP contribution in [0.25, 0.3) is 0 Å². The fourth-order valence-electron chi connectivity index (χ4n) is 4.61. The van der Waals surface area contributed by atoms with E-state index < -0.39 is 28.5 Å². The minimum Gasteiger partial charge on any atom is -0.495 e. The van der Waals surface area contributed by atoms with E-state index in [1.54, 1.807) is 24.3 Å². The Labute approximate surface area is 254 Å². The van der Waals surface area contributed by atoms with Crippen molar-refractivity contribution in [3.8, 4) is 5.75 Å². The number of sulfonamides is 1. The number of methoxy groups -OCH3 is 1. The summed E-state index contributed by atoms with van der Waals surface area (Å²) in [4.78, 5) is 29.1. The largest absolute Gasteiger partial charge is 0.495 e. The molecular weight excluding hydrogens is 574 g/mol. The van der Waals surface area contributed by atoms with E-state index in [2.05, 4.69) is 5.32 Å². The maximum atomic E-state index is 14.3. The number of nitrogens with one attached hydrogen (secondary N) is 1. The number of nitrogens with zero attached hydrogens (tertiary/aromatic N) is 2. The van der Waals surface area contributed by atoms with Gasteiger partial charge in [-0.05, 0) is 68.1 Å². The van der Waals surface area contributed by atoms with Gasteiger partial charge in [0, 0.05) is 18.1 Å². The second-order valence-corrected chi connectivity index (χ2v) is 12.5. The van der Waals surface area contributed by atoms with Crippen LogP contribution < -0.4 is 14.4 Å². The van der Waals surface area contributed by atoms with Crippen molar-refractivity contribution in [2.24, 2.45) is 0 Å². The zero-order valence-corrected chi connectivity index (χ0v) is 26.5. The van der Waals surface area contributed by atoms with Crippen molar-refractivity contribution in [3.05, 3.63) is 88.4 Å². The van der Waals surface area contributed by atoms with Crippen molar-refractivity contribution in [2.45, 2.75) is 64.4 Å². The number of aryl methyl sites for hydroxylation is 2. The molecule has 1 N–H and O–H groups in total. The van der Waals surface area contributed by atoms with Crippen molar-refractivity contribution in [1.29, 1.82) is 0 Å². The first-order chi connectivity index (χ1) is 20.0. The Hall–Kier alpha value is -3.56. The summed E-state index contributed by atoms with van der Waals surface area (Å²) in [5, 5.41) is 3.22. The molecule has 3 aromatic rings. The molecule has 0 unspecified atom stereocenters. The number of benzene rings is 3. The topological polar surface area (TPSA) is 96.0 Å². The van der Waals surface area contributed by atoms with E-state index in [4.69, 9.17) is 16.3 Å². The van der Waals surface area contributed by atoms with Gasteiger partial charge in [-0.15, -0.1) is 0 Å². The minimum absolute atomic E-state index is 0.0118. The number of hydrogen-bond donors (Lipinski definition) is 1. The van der Waals surface area contributed by atoms with Crippen LogP contribution in [0.3, 0.4) is 0 Å². The lowest BCUT2D eigenvalue weighted by Gasteiger charge is -2.34. The number of carbonyl (C=O) groups is 2. The highest BCUT2D eigenvalue weighted by Crippen LogP contribution is 2.35. The average molecular weight is 614 g/mol. The average Bonchev–Trinajstić information content (AvgIpc) is 2.97. The Bertz CT molecular complexity index is 1480. The molecular formula is C32H40ClN3O5S. The quantitative estimate of drug-likeness (QED) is 0.229. The van der Waals surface area contributed by atoms with Gasteiger partial charge in [0.05, 0.1) is 17.7 Å².